The van der Waals surface area contributed by atoms with Gasteiger partial charge in [-0.25, -0.2) is 10.0 Å². The van der Waals surface area contributed by atoms with E-state index >= 15 is 0 Å². The van der Waals surface area contributed by atoms with Gasteiger partial charge in [-0.3, -0.25) is 10.0 Å². The first-order valence-electron chi connectivity index (χ1n) is 8.61. The van der Waals surface area contributed by atoms with E-state index in [1.54, 1.807) is 18.3 Å². The molecule has 0 radical (unpaired) electrons. The molecular weight excluding hydrogens is 316 g/mol. The second-order valence-corrected chi connectivity index (χ2v) is 6.46. The highest BCUT2D eigenvalue weighted by molar-refractivity contribution is 5.94. The summed E-state index contributed by atoms with van der Waals surface area (Å²) >= 11 is 0. The quantitative estimate of drug-likeness (QED) is 0.552. The number of carbonyl (C=O) groups excluding carboxylic acids is 1. The molecule has 2 rings (SSSR count). The molecule has 0 atom stereocenters. The highest BCUT2D eigenvalue weighted by Gasteiger charge is 2.13. The number of hydroxylamine groups is 1. The number of rotatable bonds is 8. The Morgan fingerprint density at radius 3 is 2.52 bits per heavy atom. The minimum absolute atomic E-state index is 0.0264. The fourth-order valence-corrected chi connectivity index (χ4v) is 2.33. The standard InChI is InChI=1S/C19H26N4O2/c1-5-15-12-20-19(22-18(15)23(25)11-10-13(2)3)21-17-8-6-16(7-9-17)14(4)24/h6-9,12-13,25H,5,10-11H2,1-4H3,(H,20,21,22). The van der Waals surface area contributed by atoms with Crippen LogP contribution in [0.1, 0.15) is 50.0 Å². The van der Waals surface area contributed by atoms with Crippen LogP contribution in [0.2, 0.25) is 0 Å². The fourth-order valence-electron chi connectivity index (χ4n) is 2.33. The Kier molecular flexibility index (Phi) is 6.47. The van der Waals surface area contributed by atoms with E-state index in [0.717, 1.165) is 24.1 Å². The van der Waals surface area contributed by atoms with Crippen molar-refractivity contribution in [3.63, 3.8) is 0 Å². The first kappa shape index (κ1) is 18.9. The van der Waals surface area contributed by atoms with Gasteiger partial charge in [-0.15, -0.1) is 0 Å². The van der Waals surface area contributed by atoms with Crippen LogP contribution in [0.25, 0.3) is 0 Å². The third-order valence-electron chi connectivity index (χ3n) is 3.93. The van der Waals surface area contributed by atoms with Crippen molar-refractivity contribution in [1.29, 1.82) is 0 Å². The molecular formula is C19H26N4O2. The van der Waals surface area contributed by atoms with Gasteiger partial charge in [0.2, 0.25) is 5.95 Å². The topological polar surface area (TPSA) is 78.4 Å². The third kappa shape index (κ3) is 5.26. The average molecular weight is 342 g/mol. The van der Waals surface area contributed by atoms with Crippen LogP contribution in [0.3, 0.4) is 0 Å². The summed E-state index contributed by atoms with van der Waals surface area (Å²) in [5, 5.41) is 14.7. The van der Waals surface area contributed by atoms with Crippen molar-refractivity contribution in [2.75, 3.05) is 16.9 Å². The molecule has 1 aromatic carbocycles. The third-order valence-corrected chi connectivity index (χ3v) is 3.93. The van der Waals surface area contributed by atoms with E-state index in [0.29, 0.717) is 29.8 Å². The number of hydrogen-bond acceptors (Lipinski definition) is 6. The van der Waals surface area contributed by atoms with Crippen molar-refractivity contribution in [1.82, 2.24) is 9.97 Å². The summed E-state index contributed by atoms with van der Waals surface area (Å²) in [4.78, 5) is 20.1. The second kappa shape index (κ2) is 8.58. The molecule has 2 N–H and O–H groups in total. The summed E-state index contributed by atoms with van der Waals surface area (Å²) in [6, 6.07) is 7.13. The average Bonchev–Trinajstić information content (AvgIpc) is 2.60. The van der Waals surface area contributed by atoms with Gasteiger partial charge in [0, 0.05) is 29.6 Å². The predicted molar refractivity (Wildman–Crippen MR) is 99.7 cm³/mol. The molecule has 0 bridgehead atoms. The van der Waals surface area contributed by atoms with Crippen LogP contribution in [0.4, 0.5) is 17.5 Å². The Bertz CT molecular complexity index is 714. The van der Waals surface area contributed by atoms with Crippen molar-refractivity contribution >= 4 is 23.2 Å². The largest absolute Gasteiger partial charge is 0.324 e. The maximum absolute atomic E-state index is 11.3. The van der Waals surface area contributed by atoms with Gasteiger partial charge < -0.3 is 5.32 Å². The Morgan fingerprint density at radius 1 is 1.28 bits per heavy atom. The maximum atomic E-state index is 11.3. The van der Waals surface area contributed by atoms with E-state index in [9.17, 15) is 10.0 Å². The summed E-state index contributed by atoms with van der Waals surface area (Å²) in [7, 11) is 0. The van der Waals surface area contributed by atoms with Gasteiger partial charge in [0.15, 0.2) is 11.6 Å². The number of aromatic nitrogens is 2. The fraction of sp³-hybridized carbons (Fsp3) is 0.421. The van der Waals surface area contributed by atoms with Gasteiger partial charge in [-0.2, -0.15) is 4.98 Å². The van der Waals surface area contributed by atoms with Crippen LogP contribution in [0.15, 0.2) is 30.5 Å². The van der Waals surface area contributed by atoms with Crippen LogP contribution < -0.4 is 10.4 Å². The second-order valence-electron chi connectivity index (χ2n) is 6.46. The lowest BCUT2D eigenvalue weighted by Gasteiger charge is -2.20. The Balaban J connectivity index is 2.18. The summed E-state index contributed by atoms with van der Waals surface area (Å²) < 4.78 is 0. The van der Waals surface area contributed by atoms with Gasteiger partial charge in [0.25, 0.3) is 0 Å². The zero-order valence-electron chi connectivity index (χ0n) is 15.3. The first-order chi connectivity index (χ1) is 11.9. The molecule has 2 aromatic rings. The van der Waals surface area contributed by atoms with Gasteiger partial charge in [0.05, 0.1) is 0 Å². The van der Waals surface area contributed by atoms with Crippen LogP contribution >= 0.6 is 0 Å². The van der Waals surface area contributed by atoms with Gasteiger partial charge in [-0.05, 0) is 49.9 Å². The number of anilines is 3. The van der Waals surface area contributed by atoms with Crippen LogP contribution in [0, 0.1) is 5.92 Å². The molecule has 0 spiro atoms. The lowest BCUT2D eigenvalue weighted by atomic mass is 10.1. The van der Waals surface area contributed by atoms with E-state index in [1.165, 1.54) is 12.0 Å². The molecule has 0 saturated carbocycles. The van der Waals surface area contributed by atoms with Crippen molar-refractivity contribution in [3.8, 4) is 0 Å². The molecule has 0 aliphatic carbocycles. The lowest BCUT2D eigenvalue weighted by Crippen LogP contribution is -2.23. The minimum atomic E-state index is 0.0264. The number of benzene rings is 1. The minimum Gasteiger partial charge on any atom is -0.324 e. The molecule has 0 amide bonds. The maximum Gasteiger partial charge on any atom is 0.229 e. The molecule has 1 heterocycles. The van der Waals surface area contributed by atoms with Crippen LogP contribution in [-0.4, -0.2) is 27.5 Å². The SMILES string of the molecule is CCc1cnc(Nc2ccc(C(C)=O)cc2)nc1N(O)CCC(C)C. The molecule has 6 heteroatoms. The lowest BCUT2D eigenvalue weighted by molar-refractivity contribution is 0.101. The molecule has 134 valence electrons. The number of hydrogen-bond donors (Lipinski definition) is 2. The molecule has 0 fully saturated rings. The molecule has 0 aliphatic heterocycles. The van der Waals surface area contributed by atoms with E-state index in [-0.39, 0.29) is 5.78 Å². The van der Waals surface area contributed by atoms with E-state index in [1.807, 2.05) is 19.1 Å². The predicted octanol–water partition coefficient (Wildman–Crippen LogP) is 4.23. The summed E-state index contributed by atoms with van der Waals surface area (Å²) in [6.07, 6.45) is 3.34. The summed E-state index contributed by atoms with van der Waals surface area (Å²) in [5.41, 5.74) is 2.33. The number of aryl methyl sites for hydroxylation is 1. The van der Waals surface area contributed by atoms with Crippen LogP contribution in [0.5, 0.6) is 0 Å². The van der Waals surface area contributed by atoms with Gasteiger partial charge in [0.1, 0.15) is 0 Å². The zero-order valence-corrected chi connectivity index (χ0v) is 15.3. The normalized spacial score (nSPS) is 10.8. The van der Waals surface area contributed by atoms with Crippen molar-refractivity contribution in [3.05, 3.63) is 41.6 Å². The Hall–Kier alpha value is -2.47. The molecule has 0 unspecified atom stereocenters. The van der Waals surface area contributed by atoms with Crippen molar-refractivity contribution in [2.45, 2.75) is 40.5 Å². The van der Waals surface area contributed by atoms with E-state index in [2.05, 4.69) is 29.1 Å². The van der Waals surface area contributed by atoms with Gasteiger partial charge >= 0.3 is 0 Å². The summed E-state index contributed by atoms with van der Waals surface area (Å²) in [6.45, 7) is 8.30. The monoisotopic (exact) mass is 342 g/mol. The molecule has 0 saturated heterocycles. The van der Waals surface area contributed by atoms with E-state index < -0.39 is 0 Å². The number of carbonyl (C=O) groups is 1. The van der Waals surface area contributed by atoms with Gasteiger partial charge in [-0.1, -0.05) is 20.8 Å². The van der Waals surface area contributed by atoms with E-state index in [4.69, 9.17) is 0 Å². The highest BCUT2D eigenvalue weighted by Crippen LogP contribution is 2.21. The Morgan fingerprint density at radius 2 is 1.96 bits per heavy atom. The van der Waals surface area contributed by atoms with Crippen molar-refractivity contribution in [2.24, 2.45) is 5.92 Å². The molecule has 6 nitrogen and oxygen atoms in total. The number of nitrogens with zero attached hydrogens (tertiary/aromatic N) is 3. The zero-order chi connectivity index (χ0) is 18.4. The first-order valence-corrected chi connectivity index (χ1v) is 8.61. The number of Topliss-reactive ketones (excluding diaryl/α,β-unsaturated/α-hetero) is 1. The summed E-state index contributed by atoms with van der Waals surface area (Å²) in [5.74, 6) is 1.46. The molecule has 25 heavy (non-hydrogen) atoms. The number of nitrogens with one attached hydrogen (secondary N) is 1. The van der Waals surface area contributed by atoms with Crippen molar-refractivity contribution < 1.29 is 10.0 Å². The Labute approximate surface area is 148 Å². The highest BCUT2D eigenvalue weighted by atomic mass is 16.5. The molecule has 0 aliphatic rings. The molecule has 1 aromatic heterocycles. The number of ketones is 1. The smallest absolute Gasteiger partial charge is 0.229 e. The van der Waals surface area contributed by atoms with Crippen LogP contribution in [-0.2, 0) is 6.42 Å².